The smallest absolute Gasteiger partial charge is 0.303 e. The number of hydrogen-bond acceptors (Lipinski definition) is 3. The molecule has 0 aromatic carbocycles. The van der Waals surface area contributed by atoms with Gasteiger partial charge in [-0.15, -0.1) is 0 Å². The van der Waals surface area contributed by atoms with Gasteiger partial charge in [0.25, 0.3) is 0 Å². The van der Waals surface area contributed by atoms with Gasteiger partial charge >= 0.3 is 5.97 Å². The fourth-order valence-electron chi connectivity index (χ4n) is 3.07. The van der Waals surface area contributed by atoms with Crippen LogP contribution in [-0.2, 0) is 4.79 Å². The molecule has 1 aliphatic heterocycles. The Kier molecular flexibility index (Phi) is 4.23. The van der Waals surface area contributed by atoms with E-state index in [0.717, 1.165) is 32.5 Å². The van der Waals surface area contributed by atoms with Crippen molar-refractivity contribution < 1.29 is 9.90 Å². The largest absolute Gasteiger partial charge is 0.481 e. The van der Waals surface area contributed by atoms with Gasteiger partial charge in [0.05, 0.1) is 6.07 Å². The molecule has 2 fully saturated rings. The van der Waals surface area contributed by atoms with Crippen LogP contribution in [0.25, 0.3) is 0 Å². The first-order valence-electron chi connectivity index (χ1n) is 6.95. The Morgan fingerprint density at radius 1 is 1.50 bits per heavy atom. The number of carboxylic acid groups (broad SMARTS) is 1. The molecule has 0 aromatic rings. The maximum atomic E-state index is 10.6. The summed E-state index contributed by atoms with van der Waals surface area (Å²) in [6.07, 6.45) is 6.50. The molecule has 4 nitrogen and oxygen atoms in total. The molecule has 1 aliphatic carbocycles. The lowest BCUT2D eigenvalue weighted by molar-refractivity contribution is -0.137. The van der Waals surface area contributed by atoms with Crippen LogP contribution in [0.5, 0.6) is 0 Å². The minimum atomic E-state index is -0.685. The molecule has 100 valence electrons. The first-order chi connectivity index (χ1) is 8.63. The van der Waals surface area contributed by atoms with Crippen molar-refractivity contribution >= 4 is 5.97 Å². The minimum absolute atomic E-state index is 0.281. The van der Waals surface area contributed by atoms with Crippen molar-refractivity contribution in [2.75, 3.05) is 19.6 Å². The highest BCUT2D eigenvalue weighted by Gasteiger charge is 2.44. The lowest BCUT2D eigenvalue weighted by Gasteiger charge is -2.34. The Balaban J connectivity index is 1.76. The van der Waals surface area contributed by atoms with E-state index in [4.69, 9.17) is 10.4 Å². The lowest BCUT2D eigenvalue weighted by atomic mass is 9.92. The van der Waals surface area contributed by atoms with Crippen LogP contribution in [0.4, 0.5) is 0 Å². The van der Waals surface area contributed by atoms with Gasteiger partial charge < -0.3 is 10.0 Å². The predicted octanol–water partition coefficient (Wildman–Crippen LogP) is 2.26. The third-order valence-corrected chi connectivity index (χ3v) is 4.34. The second-order valence-electron chi connectivity index (χ2n) is 6.01. The average molecular weight is 250 g/mol. The van der Waals surface area contributed by atoms with E-state index in [1.54, 1.807) is 0 Å². The van der Waals surface area contributed by atoms with Crippen LogP contribution in [0.2, 0.25) is 0 Å². The van der Waals surface area contributed by atoms with Crippen molar-refractivity contribution in [1.82, 2.24) is 4.90 Å². The molecule has 1 saturated carbocycles. The number of hydrogen-bond donors (Lipinski definition) is 1. The van der Waals surface area contributed by atoms with Gasteiger partial charge in [-0.3, -0.25) is 4.79 Å². The van der Waals surface area contributed by atoms with Gasteiger partial charge in [-0.1, -0.05) is 0 Å². The van der Waals surface area contributed by atoms with E-state index in [0.29, 0.717) is 18.8 Å². The zero-order valence-corrected chi connectivity index (χ0v) is 10.9. The lowest BCUT2D eigenvalue weighted by Crippen LogP contribution is -2.39. The summed E-state index contributed by atoms with van der Waals surface area (Å²) in [4.78, 5) is 13.1. The van der Waals surface area contributed by atoms with Crippen LogP contribution >= 0.6 is 0 Å². The van der Waals surface area contributed by atoms with E-state index in [1.807, 2.05) is 0 Å². The minimum Gasteiger partial charge on any atom is -0.481 e. The van der Waals surface area contributed by atoms with Gasteiger partial charge in [0.1, 0.15) is 0 Å². The molecule has 0 spiro atoms. The van der Waals surface area contributed by atoms with Crippen LogP contribution in [0.1, 0.15) is 44.9 Å². The zero-order chi connectivity index (χ0) is 13.0. The standard InChI is InChI=1S/C14H22N2O2/c15-8-7-14(5-6-14)11-16-9-1-2-12(10-16)3-4-13(17)18/h12H,1-7,9-11H2,(H,17,18). The van der Waals surface area contributed by atoms with Crippen molar-refractivity contribution in [3.63, 3.8) is 0 Å². The van der Waals surface area contributed by atoms with Gasteiger partial charge in [-0.05, 0) is 50.0 Å². The molecule has 2 aliphatic rings. The molecule has 1 N–H and O–H groups in total. The molecular weight excluding hydrogens is 228 g/mol. The summed E-state index contributed by atoms with van der Waals surface area (Å²) in [6, 6.07) is 2.31. The van der Waals surface area contributed by atoms with Crippen molar-refractivity contribution in [2.45, 2.75) is 44.9 Å². The highest BCUT2D eigenvalue weighted by Crippen LogP contribution is 2.49. The maximum Gasteiger partial charge on any atom is 0.303 e. The second kappa shape index (κ2) is 5.71. The third-order valence-electron chi connectivity index (χ3n) is 4.34. The van der Waals surface area contributed by atoms with Crippen molar-refractivity contribution in [2.24, 2.45) is 11.3 Å². The number of rotatable bonds is 6. The molecule has 1 saturated heterocycles. The Morgan fingerprint density at radius 3 is 2.89 bits per heavy atom. The van der Waals surface area contributed by atoms with E-state index in [-0.39, 0.29) is 5.41 Å². The number of nitriles is 1. The summed E-state index contributed by atoms with van der Waals surface area (Å²) < 4.78 is 0. The van der Waals surface area contributed by atoms with Gasteiger partial charge in [-0.25, -0.2) is 0 Å². The Bertz CT molecular complexity index is 344. The van der Waals surface area contributed by atoms with Crippen LogP contribution < -0.4 is 0 Å². The molecule has 0 amide bonds. The average Bonchev–Trinajstić information content (AvgIpc) is 3.07. The van der Waals surface area contributed by atoms with E-state index in [1.165, 1.54) is 19.3 Å². The maximum absolute atomic E-state index is 10.6. The van der Waals surface area contributed by atoms with Crippen LogP contribution in [-0.4, -0.2) is 35.6 Å². The van der Waals surface area contributed by atoms with Gasteiger partial charge in [0.2, 0.25) is 0 Å². The molecule has 1 heterocycles. The molecule has 0 bridgehead atoms. The highest BCUT2D eigenvalue weighted by atomic mass is 16.4. The monoisotopic (exact) mass is 250 g/mol. The second-order valence-corrected chi connectivity index (χ2v) is 6.01. The molecule has 18 heavy (non-hydrogen) atoms. The molecule has 0 aromatic heterocycles. The fraction of sp³-hybridized carbons (Fsp3) is 0.857. The summed E-state index contributed by atoms with van der Waals surface area (Å²) in [7, 11) is 0. The van der Waals surface area contributed by atoms with Gasteiger partial charge in [0, 0.05) is 25.9 Å². The first-order valence-corrected chi connectivity index (χ1v) is 6.95. The zero-order valence-electron chi connectivity index (χ0n) is 10.9. The topological polar surface area (TPSA) is 64.3 Å². The molecule has 1 atom stereocenters. The normalized spacial score (nSPS) is 26.5. The van der Waals surface area contributed by atoms with Crippen molar-refractivity contribution in [3.8, 4) is 6.07 Å². The van der Waals surface area contributed by atoms with E-state index in [9.17, 15) is 4.79 Å². The summed E-state index contributed by atoms with van der Waals surface area (Å²) in [5.41, 5.74) is 0.281. The van der Waals surface area contributed by atoms with Gasteiger partial charge in [0.15, 0.2) is 0 Å². The Hall–Kier alpha value is -1.08. The number of nitrogens with zero attached hydrogens (tertiary/aromatic N) is 2. The summed E-state index contributed by atoms with van der Waals surface area (Å²) in [5.74, 6) is -0.150. The molecule has 2 rings (SSSR count). The number of likely N-dealkylation sites (tertiary alicyclic amines) is 1. The van der Waals surface area contributed by atoms with E-state index >= 15 is 0 Å². The summed E-state index contributed by atoms with van der Waals surface area (Å²) >= 11 is 0. The van der Waals surface area contributed by atoms with Crippen LogP contribution in [0, 0.1) is 22.7 Å². The summed E-state index contributed by atoms with van der Waals surface area (Å²) in [6.45, 7) is 3.20. The number of aliphatic carboxylic acids is 1. The SMILES string of the molecule is N#CCC1(CN2CCCC(CCC(=O)O)C2)CC1. The third kappa shape index (κ3) is 3.71. The molecular formula is C14H22N2O2. The Labute approximate surface area is 109 Å². The van der Waals surface area contributed by atoms with Crippen LogP contribution in [0.15, 0.2) is 0 Å². The molecule has 0 radical (unpaired) electrons. The van der Waals surface area contributed by atoms with Crippen molar-refractivity contribution in [1.29, 1.82) is 5.26 Å². The summed E-state index contributed by atoms with van der Waals surface area (Å²) in [5, 5.41) is 17.6. The molecule has 4 heteroatoms. The van der Waals surface area contributed by atoms with Gasteiger partial charge in [-0.2, -0.15) is 5.26 Å². The number of carbonyl (C=O) groups is 1. The first kappa shape index (κ1) is 13.4. The predicted molar refractivity (Wildman–Crippen MR) is 67.9 cm³/mol. The van der Waals surface area contributed by atoms with E-state index in [2.05, 4.69) is 11.0 Å². The number of piperidine rings is 1. The van der Waals surface area contributed by atoms with E-state index < -0.39 is 5.97 Å². The quantitative estimate of drug-likeness (QED) is 0.785. The molecule has 1 unspecified atom stereocenters. The fourth-order valence-corrected chi connectivity index (χ4v) is 3.07. The highest BCUT2D eigenvalue weighted by molar-refractivity contribution is 5.66. The number of carboxylic acids is 1. The van der Waals surface area contributed by atoms with Crippen molar-refractivity contribution in [3.05, 3.63) is 0 Å². The van der Waals surface area contributed by atoms with Crippen LogP contribution in [0.3, 0.4) is 0 Å². The Morgan fingerprint density at radius 2 is 2.28 bits per heavy atom.